The van der Waals surface area contributed by atoms with Crippen molar-refractivity contribution >= 4 is 37.6 Å². The van der Waals surface area contributed by atoms with E-state index in [2.05, 4.69) is 26.0 Å². The maximum atomic E-state index is 11.1. The van der Waals surface area contributed by atoms with Crippen LogP contribution in [0.2, 0.25) is 5.02 Å². The lowest BCUT2D eigenvalue weighted by Gasteiger charge is -2.06. The van der Waals surface area contributed by atoms with Gasteiger partial charge in [0.25, 0.3) is 0 Å². The Morgan fingerprint density at radius 2 is 2.12 bits per heavy atom. The number of nitrogens with one attached hydrogen (secondary N) is 2. The Kier molecular flexibility index (Phi) is 5.88. The van der Waals surface area contributed by atoms with Gasteiger partial charge in [-0.3, -0.25) is 0 Å². The first-order valence-electron chi connectivity index (χ1n) is 5.00. The van der Waals surface area contributed by atoms with E-state index in [0.29, 0.717) is 18.1 Å². The molecule has 7 heteroatoms. The van der Waals surface area contributed by atoms with Gasteiger partial charge >= 0.3 is 0 Å². The Bertz CT molecular complexity index is 479. The van der Waals surface area contributed by atoms with Crippen molar-refractivity contribution in [1.29, 1.82) is 0 Å². The maximum absolute atomic E-state index is 11.1. The van der Waals surface area contributed by atoms with Crippen LogP contribution in [0.5, 0.6) is 0 Å². The van der Waals surface area contributed by atoms with Gasteiger partial charge in [-0.1, -0.05) is 17.7 Å². The molecule has 0 heterocycles. The largest absolute Gasteiger partial charge is 0.312 e. The summed E-state index contributed by atoms with van der Waals surface area (Å²) < 4.78 is 25.4. The van der Waals surface area contributed by atoms with Gasteiger partial charge in [0, 0.05) is 17.6 Å². The number of rotatable bonds is 6. The smallest absolute Gasteiger partial charge is 0.212 e. The van der Waals surface area contributed by atoms with E-state index in [4.69, 9.17) is 11.6 Å². The van der Waals surface area contributed by atoms with E-state index >= 15 is 0 Å². The van der Waals surface area contributed by atoms with Crippen molar-refractivity contribution in [3.05, 3.63) is 33.3 Å². The van der Waals surface area contributed by atoms with Crippen molar-refractivity contribution in [1.82, 2.24) is 10.0 Å². The lowest BCUT2D eigenvalue weighted by atomic mass is 10.2. The summed E-state index contributed by atoms with van der Waals surface area (Å²) in [7, 11) is -1.72. The molecular weight excluding hydrogens is 328 g/mol. The fourth-order valence-electron chi connectivity index (χ4n) is 1.19. The Morgan fingerprint density at radius 3 is 2.71 bits per heavy atom. The SMILES string of the molecule is CNS(=O)(=O)CCNCc1ccc(Cl)c(Br)c1. The summed E-state index contributed by atoms with van der Waals surface area (Å²) in [4.78, 5) is 0. The Labute approximate surface area is 115 Å². The van der Waals surface area contributed by atoms with E-state index in [0.717, 1.165) is 10.0 Å². The topological polar surface area (TPSA) is 58.2 Å². The molecule has 1 rings (SSSR count). The highest BCUT2D eigenvalue weighted by molar-refractivity contribution is 9.10. The second kappa shape index (κ2) is 6.70. The predicted molar refractivity (Wildman–Crippen MR) is 73.7 cm³/mol. The maximum Gasteiger partial charge on any atom is 0.212 e. The molecule has 0 aliphatic heterocycles. The molecule has 0 bridgehead atoms. The summed E-state index contributed by atoms with van der Waals surface area (Å²) in [6, 6.07) is 5.60. The fourth-order valence-corrected chi connectivity index (χ4v) is 2.35. The molecule has 0 unspecified atom stereocenters. The van der Waals surface area contributed by atoms with Crippen LogP contribution in [0.1, 0.15) is 5.56 Å². The average Bonchev–Trinajstić information content (AvgIpc) is 2.29. The molecule has 0 amide bonds. The molecule has 0 spiro atoms. The molecule has 96 valence electrons. The zero-order chi connectivity index (χ0) is 12.9. The zero-order valence-electron chi connectivity index (χ0n) is 9.33. The third-order valence-corrected chi connectivity index (χ3v) is 4.75. The van der Waals surface area contributed by atoms with Crippen LogP contribution in [-0.4, -0.2) is 27.8 Å². The molecule has 0 saturated carbocycles. The minimum atomic E-state index is -3.13. The third kappa shape index (κ3) is 5.35. The molecule has 1 aromatic rings. The highest BCUT2D eigenvalue weighted by Crippen LogP contribution is 2.22. The first-order valence-corrected chi connectivity index (χ1v) is 7.83. The standard InChI is InChI=1S/C10H14BrClN2O2S/c1-13-17(15,16)5-4-14-7-8-2-3-10(12)9(11)6-8/h2-3,6,13-14H,4-5,7H2,1H3. The average molecular weight is 342 g/mol. The Morgan fingerprint density at radius 1 is 1.41 bits per heavy atom. The van der Waals surface area contributed by atoms with E-state index in [1.54, 1.807) is 6.07 Å². The van der Waals surface area contributed by atoms with Crippen LogP contribution in [-0.2, 0) is 16.6 Å². The van der Waals surface area contributed by atoms with Crippen LogP contribution >= 0.6 is 27.5 Å². The molecule has 2 N–H and O–H groups in total. The number of sulfonamides is 1. The molecule has 17 heavy (non-hydrogen) atoms. The monoisotopic (exact) mass is 340 g/mol. The van der Waals surface area contributed by atoms with Gasteiger partial charge < -0.3 is 5.32 Å². The summed E-state index contributed by atoms with van der Waals surface area (Å²) in [5, 5.41) is 3.71. The van der Waals surface area contributed by atoms with E-state index < -0.39 is 10.0 Å². The molecule has 0 atom stereocenters. The van der Waals surface area contributed by atoms with Gasteiger partial charge in [-0.25, -0.2) is 13.1 Å². The molecule has 0 aliphatic rings. The van der Waals surface area contributed by atoms with E-state index in [1.807, 2.05) is 12.1 Å². The van der Waals surface area contributed by atoms with E-state index in [-0.39, 0.29) is 5.75 Å². The van der Waals surface area contributed by atoms with Gasteiger partial charge in [0.2, 0.25) is 10.0 Å². The lowest BCUT2D eigenvalue weighted by Crippen LogP contribution is -2.29. The zero-order valence-corrected chi connectivity index (χ0v) is 12.5. The third-order valence-electron chi connectivity index (χ3n) is 2.17. The summed E-state index contributed by atoms with van der Waals surface area (Å²) in [5.74, 6) is 0.0677. The van der Waals surface area contributed by atoms with Crippen LogP contribution in [0, 0.1) is 0 Å². The molecule has 0 radical (unpaired) electrons. The van der Waals surface area contributed by atoms with Crippen molar-refractivity contribution in [3.8, 4) is 0 Å². The molecule has 0 fully saturated rings. The number of hydrogen-bond acceptors (Lipinski definition) is 3. The minimum absolute atomic E-state index is 0.0677. The fraction of sp³-hybridized carbons (Fsp3) is 0.400. The van der Waals surface area contributed by atoms with Crippen LogP contribution in [0.25, 0.3) is 0 Å². The number of hydrogen-bond donors (Lipinski definition) is 2. The van der Waals surface area contributed by atoms with E-state index in [9.17, 15) is 8.42 Å². The van der Waals surface area contributed by atoms with Gasteiger partial charge in [-0.15, -0.1) is 0 Å². The van der Waals surface area contributed by atoms with Gasteiger partial charge in [0.1, 0.15) is 0 Å². The minimum Gasteiger partial charge on any atom is -0.312 e. The van der Waals surface area contributed by atoms with E-state index in [1.165, 1.54) is 7.05 Å². The molecule has 1 aromatic carbocycles. The van der Waals surface area contributed by atoms with Crippen molar-refractivity contribution in [2.75, 3.05) is 19.3 Å². The van der Waals surface area contributed by atoms with Crippen molar-refractivity contribution in [2.45, 2.75) is 6.54 Å². The van der Waals surface area contributed by atoms with Crippen LogP contribution < -0.4 is 10.0 Å². The lowest BCUT2D eigenvalue weighted by molar-refractivity contribution is 0.583. The van der Waals surface area contributed by atoms with Gasteiger partial charge in [0.15, 0.2) is 0 Å². The molecule has 4 nitrogen and oxygen atoms in total. The van der Waals surface area contributed by atoms with Crippen LogP contribution in [0.15, 0.2) is 22.7 Å². The number of benzene rings is 1. The highest BCUT2D eigenvalue weighted by atomic mass is 79.9. The first kappa shape index (κ1) is 14.9. The summed E-state index contributed by atoms with van der Waals surface area (Å²) in [6.07, 6.45) is 0. The van der Waals surface area contributed by atoms with Crippen molar-refractivity contribution in [2.24, 2.45) is 0 Å². The second-order valence-corrected chi connectivity index (χ2v) is 6.76. The second-order valence-electron chi connectivity index (χ2n) is 3.45. The molecule has 0 aromatic heterocycles. The van der Waals surface area contributed by atoms with Crippen LogP contribution in [0.4, 0.5) is 0 Å². The van der Waals surface area contributed by atoms with Gasteiger partial charge in [-0.2, -0.15) is 0 Å². The van der Waals surface area contributed by atoms with Crippen molar-refractivity contribution < 1.29 is 8.42 Å². The highest BCUT2D eigenvalue weighted by Gasteiger charge is 2.05. The van der Waals surface area contributed by atoms with Crippen molar-refractivity contribution in [3.63, 3.8) is 0 Å². The molecule has 0 aliphatic carbocycles. The van der Waals surface area contributed by atoms with Gasteiger partial charge in [-0.05, 0) is 40.7 Å². The van der Waals surface area contributed by atoms with Gasteiger partial charge in [0.05, 0.1) is 10.8 Å². The normalized spacial score (nSPS) is 11.7. The number of halogens is 2. The Balaban J connectivity index is 2.39. The first-order chi connectivity index (χ1) is 7.94. The Hall–Kier alpha value is -0.140. The van der Waals surface area contributed by atoms with Crippen LogP contribution in [0.3, 0.4) is 0 Å². The predicted octanol–water partition coefficient (Wildman–Crippen LogP) is 1.74. The molecule has 0 saturated heterocycles. The summed E-state index contributed by atoms with van der Waals surface area (Å²) >= 11 is 9.20. The quantitative estimate of drug-likeness (QED) is 0.775. The molecular formula is C10H14BrClN2O2S. The summed E-state index contributed by atoms with van der Waals surface area (Å²) in [5.41, 5.74) is 1.04. The summed E-state index contributed by atoms with van der Waals surface area (Å²) in [6.45, 7) is 1.01.